The number of fused-ring (bicyclic) bond motifs is 1. The van der Waals surface area contributed by atoms with Crippen LogP contribution in [0.4, 0.5) is 0 Å². The first kappa shape index (κ1) is 16.8. The number of hydrogen-bond acceptors (Lipinski definition) is 3. The summed E-state index contributed by atoms with van der Waals surface area (Å²) in [5.74, 6) is -0.945. The van der Waals surface area contributed by atoms with Gasteiger partial charge in [0.05, 0.1) is 23.2 Å². The van der Waals surface area contributed by atoms with E-state index in [9.17, 15) is 14.4 Å². The van der Waals surface area contributed by atoms with Gasteiger partial charge in [-0.3, -0.25) is 19.3 Å². The van der Waals surface area contributed by atoms with Gasteiger partial charge in [-0.25, -0.2) is 0 Å². The second-order valence-electron chi connectivity index (χ2n) is 6.52. The number of carbonyl (C=O) groups is 3. The lowest BCUT2D eigenvalue weighted by molar-refractivity contribution is -0.158. The van der Waals surface area contributed by atoms with E-state index in [-0.39, 0.29) is 17.8 Å². The van der Waals surface area contributed by atoms with E-state index in [0.717, 1.165) is 10.5 Å². The highest BCUT2D eigenvalue weighted by molar-refractivity contribution is 6.24. The molecule has 0 aliphatic carbocycles. The Hall–Kier alpha value is -2.66. The van der Waals surface area contributed by atoms with Gasteiger partial charge in [-0.15, -0.1) is 11.6 Å². The Balaban J connectivity index is 1.63. The topological polar surface area (TPSA) is 57.7 Å². The smallest absolute Gasteiger partial charge is 0.262 e. The van der Waals surface area contributed by atoms with Crippen LogP contribution in [0.25, 0.3) is 0 Å². The van der Waals surface area contributed by atoms with E-state index in [1.807, 2.05) is 37.3 Å². The zero-order valence-corrected chi connectivity index (χ0v) is 14.9. The van der Waals surface area contributed by atoms with Crippen molar-refractivity contribution < 1.29 is 14.4 Å². The van der Waals surface area contributed by atoms with Crippen LogP contribution in [0.1, 0.15) is 39.2 Å². The highest BCUT2D eigenvalue weighted by Crippen LogP contribution is 2.38. The summed E-state index contributed by atoms with van der Waals surface area (Å²) in [6.07, 6.45) is 0. The van der Waals surface area contributed by atoms with Gasteiger partial charge in [-0.1, -0.05) is 42.5 Å². The Bertz CT molecular complexity index is 864. The summed E-state index contributed by atoms with van der Waals surface area (Å²) in [4.78, 5) is 41.0. The van der Waals surface area contributed by atoms with E-state index < -0.39 is 23.9 Å². The molecule has 26 heavy (non-hydrogen) atoms. The van der Waals surface area contributed by atoms with Crippen molar-refractivity contribution in [3.8, 4) is 0 Å². The monoisotopic (exact) mass is 368 g/mol. The second-order valence-corrected chi connectivity index (χ2v) is 6.83. The second kappa shape index (κ2) is 6.25. The molecule has 1 fully saturated rings. The minimum atomic E-state index is -0.842. The summed E-state index contributed by atoms with van der Waals surface area (Å²) in [5, 5.41) is 0. The molecule has 2 aromatic rings. The highest BCUT2D eigenvalue weighted by Gasteiger charge is 2.57. The zero-order valence-electron chi connectivity index (χ0n) is 14.1. The SMILES string of the molecule is CC(c1ccccc1)N1C(=O)C(N2C(=O)c3ccccc3C2=O)C1CCl. The Morgan fingerprint density at radius 1 is 0.923 bits per heavy atom. The third-order valence-electron chi connectivity index (χ3n) is 5.19. The van der Waals surface area contributed by atoms with Gasteiger partial charge < -0.3 is 4.90 Å². The minimum absolute atomic E-state index is 0.154. The predicted octanol–water partition coefficient (Wildman–Crippen LogP) is 2.86. The zero-order chi connectivity index (χ0) is 18.4. The standard InChI is InChI=1S/C20H17ClN2O3/c1-12(13-7-3-2-4-8-13)22-16(11-21)17(20(22)26)23-18(24)14-9-5-6-10-15(14)19(23)25/h2-10,12,16-17H,11H2,1H3. The molecule has 2 aromatic carbocycles. The minimum Gasteiger partial charge on any atom is -0.327 e. The van der Waals surface area contributed by atoms with Gasteiger partial charge in [-0.2, -0.15) is 0 Å². The fraction of sp³-hybridized carbons (Fsp3) is 0.250. The van der Waals surface area contributed by atoms with Crippen LogP contribution in [-0.4, -0.2) is 45.5 Å². The average Bonchev–Trinajstić information content (AvgIpc) is 2.92. The summed E-state index contributed by atoms with van der Waals surface area (Å²) in [7, 11) is 0. The number of nitrogens with zero attached hydrogens (tertiary/aromatic N) is 2. The third kappa shape index (κ3) is 2.27. The van der Waals surface area contributed by atoms with E-state index in [2.05, 4.69) is 0 Å². The Morgan fingerprint density at radius 3 is 2.00 bits per heavy atom. The summed E-state index contributed by atoms with van der Waals surface area (Å²) in [6, 6.07) is 14.8. The Morgan fingerprint density at radius 2 is 1.46 bits per heavy atom. The Labute approximate surface area is 156 Å². The summed E-state index contributed by atoms with van der Waals surface area (Å²) >= 11 is 6.13. The van der Waals surface area contributed by atoms with Crippen molar-refractivity contribution in [2.45, 2.75) is 25.0 Å². The van der Waals surface area contributed by atoms with Gasteiger partial charge in [0.25, 0.3) is 11.8 Å². The van der Waals surface area contributed by atoms with E-state index in [1.165, 1.54) is 0 Å². The van der Waals surface area contributed by atoms with Crippen LogP contribution in [0.3, 0.4) is 0 Å². The van der Waals surface area contributed by atoms with Gasteiger partial charge in [0.15, 0.2) is 0 Å². The maximum absolute atomic E-state index is 12.9. The number of halogens is 1. The van der Waals surface area contributed by atoms with Gasteiger partial charge in [0.2, 0.25) is 5.91 Å². The molecule has 3 atom stereocenters. The van der Waals surface area contributed by atoms with Gasteiger partial charge in [-0.05, 0) is 24.6 Å². The number of amides is 3. The lowest BCUT2D eigenvalue weighted by Crippen LogP contribution is -2.72. The molecule has 0 aromatic heterocycles. The first-order valence-corrected chi connectivity index (χ1v) is 8.99. The van der Waals surface area contributed by atoms with Crippen molar-refractivity contribution in [2.24, 2.45) is 0 Å². The summed E-state index contributed by atoms with van der Waals surface area (Å²) in [5.41, 5.74) is 1.66. The van der Waals surface area contributed by atoms with Crippen LogP contribution >= 0.6 is 11.6 Å². The summed E-state index contributed by atoms with van der Waals surface area (Å²) < 4.78 is 0. The molecule has 0 N–H and O–H groups in total. The molecule has 0 spiro atoms. The van der Waals surface area contributed by atoms with Crippen LogP contribution in [-0.2, 0) is 4.79 Å². The number of rotatable bonds is 4. The summed E-state index contributed by atoms with van der Waals surface area (Å²) in [6.45, 7) is 1.92. The molecule has 0 radical (unpaired) electrons. The highest BCUT2D eigenvalue weighted by atomic mass is 35.5. The van der Waals surface area contributed by atoms with E-state index in [1.54, 1.807) is 29.2 Å². The molecule has 3 amide bonds. The van der Waals surface area contributed by atoms with Crippen LogP contribution in [0.15, 0.2) is 54.6 Å². The normalized spacial score (nSPS) is 23.1. The Kier molecular flexibility index (Phi) is 4.04. The lowest BCUT2D eigenvalue weighted by atomic mass is 9.90. The first-order chi connectivity index (χ1) is 12.6. The molecule has 6 heteroatoms. The van der Waals surface area contributed by atoms with Gasteiger partial charge >= 0.3 is 0 Å². The molecule has 0 bridgehead atoms. The predicted molar refractivity (Wildman–Crippen MR) is 96.9 cm³/mol. The van der Waals surface area contributed by atoms with Crippen LogP contribution < -0.4 is 0 Å². The van der Waals surface area contributed by atoms with Crippen molar-refractivity contribution in [3.63, 3.8) is 0 Å². The molecule has 5 nitrogen and oxygen atoms in total. The van der Waals surface area contributed by atoms with Crippen LogP contribution in [0.2, 0.25) is 0 Å². The molecule has 3 unspecified atom stereocenters. The number of hydrogen-bond donors (Lipinski definition) is 0. The number of likely N-dealkylation sites (tertiary alicyclic amines) is 1. The molecule has 2 aliphatic heterocycles. The number of alkyl halides is 1. The fourth-order valence-corrected chi connectivity index (χ4v) is 4.14. The molecular formula is C20H17ClN2O3. The maximum Gasteiger partial charge on any atom is 0.262 e. The van der Waals surface area contributed by atoms with Crippen molar-refractivity contribution in [2.75, 3.05) is 5.88 Å². The van der Waals surface area contributed by atoms with Gasteiger partial charge in [0, 0.05) is 5.88 Å². The largest absolute Gasteiger partial charge is 0.327 e. The fourth-order valence-electron chi connectivity index (χ4n) is 3.82. The molecule has 1 saturated heterocycles. The third-order valence-corrected chi connectivity index (χ3v) is 5.51. The number of β-lactam (4-membered cyclic amide) rings is 1. The van der Waals surface area contributed by atoms with E-state index in [4.69, 9.17) is 11.6 Å². The molecule has 132 valence electrons. The quantitative estimate of drug-likeness (QED) is 0.473. The van der Waals surface area contributed by atoms with E-state index >= 15 is 0 Å². The molecule has 2 heterocycles. The maximum atomic E-state index is 12.9. The average molecular weight is 369 g/mol. The molecule has 0 saturated carbocycles. The van der Waals surface area contributed by atoms with Crippen LogP contribution in [0.5, 0.6) is 0 Å². The molecule has 4 rings (SSSR count). The number of imide groups is 1. The molecule has 2 aliphatic rings. The van der Waals surface area contributed by atoms with Crippen molar-refractivity contribution in [1.29, 1.82) is 0 Å². The van der Waals surface area contributed by atoms with Crippen molar-refractivity contribution in [1.82, 2.24) is 9.80 Å². The number of benzene rings is 2. The first-order valence-electron chi connectivity index (χ1n) is 8.46. The van der Waals surface area contributed by atoms with Crippen molar-refractivity contribution in [3.05, 3.63) is 71.3 Å². The van der Waals surface area contributed by atoms with Gasteiger partial charge in [0.1, 0.15) is 6.04 Å². The number of carbonyl (C=O) groups excluding carboxylic acids is 3. The van der Waals surface area contributed by atoms with Crippen LogP contribution in [0, 0.1) is 0 Å². The van der Waals surface area contributed by atoms with Crippen molar-refractivity contribution >= 4 is 29.3 Å². The van der Waals surface area contributed by atoms with E-state index in [0.29, 0.717) is 11.1 Å². The lowest BCUT2D eigenvalue weighted by Gasteiger charge is -2.51. The molecular weight excluding hydrogens is 352 g/mol.